The van der Waals surface area contributed by atoms with Gasteiger partial charge in [-0.1, -0.05) is 0 Å². The van der Waals surface area contributed by atoms with Crippen LogP contribution in [0.4, 0.5) is 0 Å². The van der Waals surface area contributed by atoms with E-state index in [9.17, 15) is 0 Å². The van der Waals surface area contributed by atoms with Crippen molar-refractivity contribution in [3.63, 3.8) is 0 Å². The lowest BCUT2D eigenvalue weighted by molar-refractivity contribution is -0.107. The van der Waals surface area contributed by atoms with Crippen LogP contribution in [-0.2, 0) is 9.47 Å². The average molecular weight is 267 g/mol. The molecular weight excluding hydrogens is 242 g/mol. The highest BCUT2D eigenvalue weighted by Crippen LogP contribution is 2.38. The predicted octanol–water partition coefficient (Wildman–Crippen LogP) is 1.11. The zero-order valence-corrected chi connectivity index (χ0v) is 11.6. The van der Waals surface area contributed by atoms with Crippen molar-refractivity contribution in [2.24, 2.45) is 5.73 Å². The minimum Gasteiger partial charge on any atom is -0.388 e. The normalized spacial score (nSPS) is 35.1. The molecule has 5 heteroatoms. The molecule has 108 valence electrons. The minimum absolute atomic E-state index is 0.0215. The first-order chi connectivity index (χ1) is 9.19. The van der Waals surface area contributed by atoms with Crippen molar-refractivity contribution in [3.05, 3.63) is 0 Å². The van der Waals surface area contributed by atoms with Crippen LogP contribution in [-0.4, -0.2) is 54.8 Å². The van der Waals surface area contributed by atoms with Crippen LogP contribution in [0.5, 0.6) is 0 Å². The molecule has 0 radical (unpaired) electrons. The number of amidine groups is 1. The molecule has 3 aliphatic rings. The molecule has 0 amide bonds. The molecule has 0 aromatic carbocycles. The highest BCUT2D eigenvalue weighted by Gasteiger charge is 2.44. The van der Waals surface area contributed by atoms with E-state index in [4.69, 9.17) is 20.6 Å². The lowest BCUT2D eigenvalue weighted by Gasteiger charge is -2.42. The van der Waals surface area contributed by atoms with Crippen LogP contribution in [0.15, 0.2) is 0 Å². The van der Waals surface area contributed by atoms with Crippen LogP contribution in [0.25, 0.3) is 0 Å². The van der Waals surface area contributed by atoms with Crippen LogP contribution in [0.1, 0.15) is 38.5 Å². The van der Waals surface area contributed by atoms with Crippen molar-refractivity contribution in [2.45, 2.75) is 56.2 Å². The van der Waals surface area contributed by atoms with E-state index in [-0.39, 0.29) is 5.60 Å². The van der Waals surface area contributed by atoms with Crippen molar-refractivity contribution < 1.29 is 9.47 Å². The summed E-state index contributed by atoms with van der Waals surface area (Å²) in [6.07, 6.45) is 6.53. The summed E-state index contributed by atoms with van der Waals surface area (Å²) in [5, 5.41) is 7.43. The van der Waals surface area contributed by atoms with Crippen LogP contribution < -0.4 is 5.73 Å². The lowest BCUT2D eigenvalue weighted by atomic mass is 9.88. The van der Waals surface area contributed by atoms with Gasteiger partial charge in [0, 0.05) is 44.7 Å². The molecule has 2 atom stereocenters. The highest BCUT2D eigenvalue weighted by molar-refractivity contribution is 5.76. The third-order valence-electron chi connectivity index (χ3n) is 4.66. The third-order valence-corrected chi connectivity index (χ3v) is 4.66. The summed E-state index contributed by atoms with van der Waals surface area (Å²) in [5.74, 6) is 0.302. The van der Waals surface area contributed by atoms with Crippen LogP contribution in [0, 0.1) is 5.41 Å². The van der Waals surface area contributed by atoms with Crippen molar-refractivity contribution in [1.82, 2.24) is 4.90 Å². The Morgan fingerprint density at radius 2 is 2.11 bits per heavy atom. The van der Waals surface area contributed by atoms with Gasteiger partial charge in [0.2, 0.25) is 0 Å². The zero-order valence-electron chi connectivity index (χ0n) is 11.6. The highest BCUT2D eigenvalue weighted by atomic mass is 16.6. The van der Waals surface area contributed by atoms with Gasteiger partial charge >= 0.3 is 0 Å². The maximum atomic E-state index is 7.43. The second-order valence-electron chi connectivity index (χ2n) is 6.22. The zero-order chi connectivity index (χ0) is 13.3. The van der Waals surface area contributed by atoms with Gasteiger partial charge in [-0.2, -0.15) is 0 Å². The van der Waals surface area contributed by atoms with Gasteiger partial charge in [-0.25, -0.2) is 0 Å². The fourth-order valence-electron chi connectivity index (χ4n) is 3.47. The van der Waals surface area contributed by atoms with Gasteiger partial charge in [0.05, 0.1) is 18.0 Å². The maximum Gasteiger partial charge on any atom is 0.0951 e. The van der Waals surface area contributed by atoms with Crippen molar-refractivity contribution >= 4 is 5.84 Å². The average Bonchev–Trinajstić information content (AvgIpc) is 3.12. The van der Waals surface area contributed by atoms with E-state index >= 15 is 0 Å². The Labute approximate surface area is 114 Å². The van der Waals surface area contributed by atoms with Gasteiger partial charge in [0.15, 0.2) is 0 Å². The molecular formula is C14H25N3O2. The Morgan fingerprint density at radius 1 is 1.26 bits per heavy atom. The number of nitrogens with one attached hydrogen (secondary N) is 1. The molecule has 1 saturated carbocycles. The first-order valence-corrected chi connectivity index (χ1v) is 7.49. The Bertz CT molecular complexity index is 338. The maximum absolute atomic E-state index is 7.43. The monoisotopic (exact) mass is 267 g/mol. The molecule has 3 fully saturated rings. The van der Waals surface area contributed by atoms with Gasteiger partial charge in [-0.15, -0.1) is 0 Å². The fraction of sp³-hybridized carbons (Fsp3) is 0.929. The summed E-state index contributed by atoms with van der Waals surface area (Å²) in [6.45, 7) is 3.37. The minimum atomic E-state index is -0.0215. The third kappa shape index (κ3) is 3.09. The fourth-order valence-corrected chi connectivity index (χ4v) is 3.47. The molecule has 19 heavy (non-hydrogen) atoms. The summed E-state index contributed by atoms with van der Waals surface area (Å²) in [7, 11) is 0. The standard InChI is InChI=1S/C14H25N3O2/c15-13(16)3-6-17(11-1-2-11)12-4-7-19-14(9-12)5-8-18-10-14/h11-12H,1-10H2,(H3,15,16). The number of ether oxygens (including phenoxy) is 2. The number of hydrogen-bond acceptors (Lipinski definition) is 4. The Morgan fingerprint density at radius 3 is 2.74 bits per heavy atom. The second-order valence-corrected chi connectivity index (χ2v) is 6.22. The molecule has 0 aromatic heterocycles. The summed E-state index contributed by atoms with van der Waals surface area (Å²) >= 11 is 0. The predicted molar refractivity (Wildman–Crippen MR) is 73.4 cm³/mol. The van der Waals surface area contributed by atoms with E-state index in [1.807, 2.05) is 0 Å². The number of nitrogens with two attached hydrogens (primary N) is 1. The molecule has 1 spiro atoms. The second kappa shape index (κ2) is 5.38. The molecule has 1 aliphatic carbocycles. The first kappa shape index (κ1) is 13.3. The molecule has 3 N–H and O–H groups in total. The summed E-state index contributed by atoms with van der Waals surface area (Å²) in [6, 6.07) is 1.31. The van der Waals surface area contributed by atoms with E-state index < -0.39 is 0 Å². The van der Waals surface area contributed by atoms with E-state index in [0.717, 1.165) is 51.7 Å². The Kier molecular flexibility index (Phi) is 3.78. The van der Waals surface area contributed by atoms with Crippen molar-refractivity contribution in [1.29, 1.82) is 5.41 Å². The molecule has 2 saturated heterocycles. The van der Waals surface area contributed by atoms with Crippen LogP contribution in [0.2, 0.25) is 0 Å². The summed E-state index contributed by atoms with van der Waals surface area (Å²) in [5.41, 5.74) is 5.50. The quantitative estimate of drug-likeness (QED) is 0.578. The summed E-state index contributed by atoms with van der Waals surface area (Å²) in [4.78, 5) is 2.59. The molecule has 2 aliphatic heterocycles. The van der Waals surface area contributed by atoms with Gasteiger partial charge in [0.25, 0.3) is 0 Å². The van der Waals surface area contributed by atoms with E-state index in [0.29, 0.717) is 18.3 Å². The molecule has 0 aromatic rings. The lowest BCUT2D eigenvalue weighted by Crippen LogP contribution is -2.50. The number of hydrogen-bond donors (Lipinski definition) is 2. The van der Waals surface area contributed by atoms with Crippen molar-refractivity contribution in [2.75, 3.05) is 26.4 Å². The van der Waals surface area contributed by atoms with Gasteiger partial charge in [0.1, 0.15) is 0 Å². The SMILES string of the molecule is N=C(N)CCN(C1CC1)C1CCOC2(CCOC2)C1. The van der Waals surface area contributed by atoms with E-state index in [2.05, 4.69) is 4.90 Å². The Balaban J connectivity index is 1.62. The topological polar surface area (TPSA) is 71.6 Å². The van der Waals surface area contributed by atoms with E-state index in [1.165, 1.54) is 12.8 Å². The first-order valence-electron chi connectivity index (χ1n) is 7.49. The van der Waals surface area contributed by atoms with Crippen molar-refractivity contribution in [3.8, 4) is 0 Å². The molecule has 0 bridgehead atoms. The molecule has 5 nitrogen and oxygen atoms in total. The van der Waals surface area contributed by atoms with E-state index in [1.54, 1.807) is 0 Å². The summed E-state index contributed by atoms with van der Waals surface area (Å²) < 4.78 is 11.6. The number of nitrogens with zero attached hydrogens (tertiary/aromatic N) is 1. The van der Waals surface area contributed by atoms with Crippen LogP contribution in [0.3, 0.4) is 0 Å². The van der Waals surface area contributed by atoms with Gasteiger partial charge in [-0.05, 0) is 25.7 Å². The Hall–Kier alpha value is -0.650. The number of rotatable bonds is 5. The largest absolute Gasteiger partial charge is 0.388 e. The van der Waals surface area contributed by atoms with Crippen LogP contribution >= 0.6 is 0 Å². The molecule has 3 rings (SSSR count). The molecule has 2 unspecified atom stereocenters. The molecule has 2 heterocycles. The van der Waals surface area contributed by atoms with Gasteiger partial charge < -0.3 is 15.2 Å². The smallest absolute Gasteiger partial charge is 0.0951 e. The van der Waals surface area contributed by atoms with Gasteiger partial charge in [-0.3, -0.25) is 10.3 Å².